The van der Waals surface area contributed by atoms with Crippen LogP contribution in [0.25, 0.3) is 0 Å². The summed E-state index contributed by atoms with van der Waals surface area (Å²) in [6.45, 7) is 0. The molecule has 1 aliphatic rings. The van der Waals surface area contributed by atoms with E-state index in [9.17, 15) is 4.79 Å². The van der Waals surface area contributed by atoms with Crippen molar-refractivity contribution in [3.05, 3.63) is 102 Å². The smallest absolute Gasteiger partial charge is 0.337 e. The largest absolute Gasteiger partial charge is 0.465 e. The highest BCUT2D eigenvalue weighted by Gasteiger charge is 2.20. The van der Waals surface area contributed by atoms with E-state index in [-0.39, 0.29) is 6.10 Å². The highest BCUT2D eigenvalue weighted by molar-refractivity contribution is 5.89. The zero-order valence-corrected chi connectivity index (χ0v) is 15.7. The summed E-state index contributed by atoms with van der Waals surface area (Å²) in [5, 5.41) is 0. The molecule has 4 rings (SSSR count). The molecular formula is C23H19NO5. The standard InChI is InChI=1S/C23H19NO5/c1-26-23(25)17-9-13-20(14-10-17)28-22-15-21(29-24-22)16-7-11-19(12-8-16)27-18-5-3-2-4-6-18/h2-15,21,24H,1H3. The van der Waals surface area contributed by atoms with E-state index in [1.165, 1.54) is 7.11 Å². The summed E-state index contributed by atoms with van der Waals surface area (Å²) in [7, 11) is 1.35. The number of rotatable bonds is 6. The van der Waals surface area contributed by atoms with Gasteiger partial charge in [0, 0.05) is 6.08 Å². The predicted molar refractivity (Wildman–Crippen MR) is 106 cm³/mol. The monoisotopic (exact) mass is 389 g/mol. The first kappa shape index (κ1) is 18.6. The lowest BCUT2D eigenvalue weighted by molar-refractivity contribution is 0.0273. The van der Waals surface area contributed by atoms with Crippen molar-refractivity contribution in [3.8, 4) is 17.2 Å². The van der Waals surface area contributed by atoms with Gasteiger partial charge in [0.1, 0.15) is 23.4 Å². The van der Waals surface area contributed by atoms with Crippen molar-refractivity contribution in [1.29, 1.82) is 0 Å². The van der Waals surface area contributed by atoms with E-state index in [1.54, 1.807) is 24.3 Å². The third-order valence-corrected chi connectivity index (χ3v) is 4.28. The van der Waals surface area contributed by atoms with Crippen LogP contribution in [0.3, 0.4) is 0 Å². The lowest BCUT2D eigenvalue weighted by atomic mass is 10.1. The zero-order valence-electron chi connectivity index (χ0n) is 15.7. The van der Waals surface area contributed by atoms with Crippen LogP contribution in [-0.4, -0.2) is 13.1 Å². The molecular weight excluding hydrogens is 370 g/mol. The molecule has 146 valence electrons. The Kier molecular flexibility index (Phi) is 5.45. The second-order valence-corrected chi connectivity index (χ2v) is 6.27. The summed E-state index contributed by atoms with van der Waals surface area (Å²) in [6.07, 6.45) is 1.55. The molecule has 3 aromatic carbocycles. The van der Waals surface area contributed by atoms with Crippen LogP contribution in [0, 0.1) is 0 Å². The van der Waals surface area contributed by atoms with Crippen molar-refractivity contribution < 1.29 is 23.8 Å². The van der Waals surface area contributed by atoms with Crippen molar-refractivity contribution in [2.24, 2.45) is 0 Å². The number of hydrogen-bond donors (Lipinski definition) is 1. The summed E-state index contributed by atoms with van der Waals surface area (Å²) >= 11 is 0. The molecule has 6 nitrogen and oxygen atoms in total. The van der Waals surface area contributed by atoms with Crippen molar-refractivity contribution in [3.63, 3.8) is 0 Å². The Morgan fingerprint density at radius 1 is 0.828 bits per heavy atom. The predicted octanol–water partition coefficient (Wildman–Crippen LogP) is 4.76. The van der Waals surface area contributed by atoms with Gasteiger partial charge in [-0.2, -0.15) is 0 Å². The minimum absolute atomic E-state index is 0.287. The number of nitrogens with one attached hydrogen (secondary N) is 1. The van der Waals surface area contributed by atoms with Gasteiger partial charge in [-0.05, 0) is 54.1 Å². The average Bonchev–Trinajstić information content (AvgIpc) is 3.23. The molecule has 0 aromatic heterocycles. The number of benzene rings is 3. The fraction of sp³-hybridized carbons (Fsp3) is 0.0870. The molecule has 0 fully saturated rings. The number of hydroxylamine groups is 1. The van der Waals surface area contributed by atoms with Crippen molar-refractivity contribution >= 4 is 5.97 Å². The fourth-order valence-electron chi connectivity index (χ4n) is 2.80. The molecule has 1 heterocycles. The number of carbonyl (C=O) groups excluding carboxylic acids is 1. The average molecular weight is 389 g/mol. The molecule has 3 aromatic rings. The summed E-state index contributed by atoms with van der Waals surface area (Å²) in [6, 6.07) is 23.9. The van der Waals surface area contributed by atoms with E-state index < -0.39 is 5.97 Å². The Bertz CT molecular complexity index is 998. The molecule has 0 saturated carbocycles. The first-order valence-corrected chi connectivity index (χ1v) is 9.04. The topological polar surface area (TPSA) is 66.0 Å². The van der Waals surface area contributed by atoms with Crippen LogP contribution in [0.2, 0.25) is 0 Å². The number of methoxy groups -OCH3 is 1. The molecule has 1 atom stereocenters. The second-order valence-electron chi connectivity index (χ2n) is 6.27. The molecule has 0 aliphatic carbocycles. The minimum atomic E-state index is -0.391. The maximum Gasteiger partial charge on any atom is 0.337 e. The Balaban J connectivity index is 1.38. The maximum absolute atomic E-state index is 11.5. The first-order valence-electron chi connectivity index (χ1n) is 9.04. The van der Waals surface area contributed by atoms with Gasteiger partial charge in [0.05, 0.1) is 12.7 Å². The molecule has 0 saturated heterocycles. The van der Waals surface area contributed by atoms with Crippen molar-refractivity contribution in [1.82, 2.24) is 5.48 Å². The van der Waals surface area contributed by atoms with Crippen LogP contribution in [-0.2, 0) is 9.57 Å². The van der Waals surface area contributed by atoms with Crippen LogP contribution >= 0.6 is 0 Å². The highest BCUT2D eigenvalue weighted by atomic mass is 16.7. The SMILES string of the molecule is COC(=O)c1ccc(OC2=CC(c3ccc(Oc4ccccc4)cc3)ON2)cc1. The first-order chi connectivity index (χ1) is 14.2. The molecule has 1 aliphatic heterocycles. The van der Waals surface area contributed by atoms with Gasteiger partial charge in [-0.25, -0.2) is 10.3 Å². The molecule has 0 bridgehead atoms. The third-order valence-electron chi connectivity index (χ3n) is 4.28. The van der Waals surface area contributed by atoms with Gasteiger partial charge >= 0.3 is 5.97 Å². The maximum atomic E-state index is 11.5. The van der Waals surface area contributed by atoms with Crippen LogP contribution < -0.4 is 15.0 Å². The van der Waals surface area contributed by atoms with Gasteiger partial charge in [-0.3, -0.25) is 4.84 Å². The molecule has 1 unspecified atom stereocenters. The van der Waals surface area contributed by atoms with Crippen molar-refractivity contribution in [2.45, 2.75) is 6.10 Å². The lowest BCUT2D eigenvalue weighted by Gasteiger charge is -2.09. The molecule has 6 heteroatoms. The molecule has 0 amide bonds. The van der Waals surface area contributed by atoms with Crippen LogP contribution in [0.15, 0.2) is 90.8 Å². The van der Waals surface area contributed by atoms with Gasteiger partial charge in [0.25, 0.3) is 0 Å². The number of carbonyl (C=O) groups is 1. The van der Waals surface area contributed by atoms with Gasteiger partial charge in [-0.1, -0.05) is 30.3 Å². The molecule has 0 spiro atoms. The lowest BCUT2D eigenvalue weighted by Crippen LogP contribution is -2.12. The van der Waals surface area contributed by atoms with Gasteiger partial charge < -0.3 is 14.2 Å². The highest BCUT2D eigenvalue weighted by Crippen LogP contribution is 2.28. The van der Waals surface area contributed by atoms with E-state index in [4.69, 9.17) is 14.3 Å². The second kappa shape index (κ2) is 8.50. The van der Waals surface area contributed by atoms with Gasteiger partial charge in [0.15, 0.2) is 0 Å². The third kappa shape index (κ3) is 4.56. The number of para-hydroxylation sites is 1. The van der Waals surface area contributed by atoms with E-state index in [1.807, 2.05) is 60.7 Å². The Labute approximate surface area is 168 Å². The Hall–Kier alpha value is -3.77. The van der Waals surface area contributed by atoms with E-state index in [0.29, 0.717) is 17.2 Å². The van der Waals surface area contributed by atoms with Crippen molar-refractivity contribution in [2.75, 3.05) is 7.11 Å². The fourth-order valence-corrected chi connectivity index (χ4v) is 2.80. The molecule has 0 radical (unpaired) electrons. The zero-order chi connectivity index (χ0) is 20.1. The molecule has 29 heavy (non-hydrogen) atoms. The minimum Gasteiger partial charge on any atom is -0.465 e. The van der Waals surface area contributed by atoms with E-state index in [0.717, 1.165) is 17.1 Å². The van der Waals surface area contributed by atoms with Crippen LogP contribution in [0.5, 0.6) is 17.2 Å². The molecule has 1 N–H and O–H groups in total. The summed E-state index contributed by atoms with van der Waals surface area (Å²) in [5.41, 5.74) is 4.19. The van der Waals surface area contributed by atoms with E-state index >= 15 is 0 Å². The normalized spacial score (nSPS) is 15.2. The summed E-state index contributed by atoms with van der Waals surface area (Å²) in [4.78, 5) is 17.1. The van der Waals surface area contributed by atoms with Crippen LogP contribution in [0.1, 0.15) is 22.0 Å². The van der Waals surface area contributed by atoms with E-state index in [2.05, 4.69) is 10.2 Å². The summed E-state index contributed by atoms with van der Waals surface area (Å²) in [5.74, 6) is 2.19. The summed E-state index contributed by atoms with van der Waals surface area (Å²) < 4.78 is 16.2. The Morgan fingerprint density at radius 3 is 2.14 bits per heavy atom. The van der Waals surface area contributed by atoms with Crippen LogP contribution in [0.4, 0.5) is 0 Å². The number of esters is 1. The van der Waals surface area contributed by atoms with Gasteiger partial charge in [-0.15, -0.1) is 0 Å². The quantitative estimate of drug-likeness (QED) is 0.613. The Morgan fingerprint density at radius 2 is 1.45 bits per heavy atom. The number of ether oxygens (including phenoxy) is 3. The number of hydrogen-bond acceptors (Lipinski definition) is 6. The van der Waals surface area contributed by atoms with Gasteiger partial charge in [0.2, 0.25) is 5.88 Å².